The van der Waals surface area contributed by atoms with Gasteiger partial charge in [0.25, 0.3) is 5.09 Å². The van der Waals surface area contributed by atoms with Gasteiger partial charge >= 0.3 is 0 Å². The summed E-state index contributed by atoms with van der Waals surface area (Å²) in [6.45, 7) is 0.267. The van der Waals surface area contributed by atoms with E-state index in [1.54, 1.807) is 0 Å². The molecular formula is C6H10NO3. The SMILES string of the molecule is O=[N+]([O-])OCC1C[CH]CC1. The van der Waals surface area contributed by atoms with Gasteiger partial charge in [-0.2, -0.15) is 0 Å². The van der Waals surface area contributed by atoms with Crippen molar-refractivity contribution in [2.75, 3.05) is 6.61 Å². The van der Waals surface area contributed by atoms with Crippen molar-refractivity contribution in [2.24, 2.45) is 5.92 Å². The monoisotopic (exact) mass is 144 g/mol. The van der Waals surface area contributed by atoms with Gasteiger partial charge < -0.3 is 4.84 Å². The number of rotatable bonds is 3. The predicted molar refractivity (Wildman–Crippen MR) is 34.6 cm³/mol. The van der Waals surface area contributed by atoms with Crippen molar-refractivity contribution in [3.63, 3.8) is 0 Å². The molecule has 0 amide bonds. The van der Waals surface area contributed by atoms with Crippen LogP contribution in [0.2, 0.25) is 0 Å². The molecule has 1 atom stereocenters. The van der Waals surface area contributed by atoms with Crippen LogP contribution in [0.5, 0.6) is 0 Å². The maximum Gasteiger partial charge on any atom is 0.294 e. The summed E-state index contributed by atoms with van der Waals surface area (Å²) in [7, 11) is 0. The average Bonchev–Trinajstić information content (AvgIpc) is 2.34. The van der Waals surface area contributed by atoms with Crippen molar-refractivity contribution < 1.29 is 9.92 Å². The fourth-order valence-corrected chi connectivity index (χ4v) is 1.14. The Morgan fingerprint density at radius 2 is 2.60 bits per heavy atom. The summed E-state index contributed by atoms with van der Waals surface area (Å²) in [5.74, 6) is 0.380. The Morgan fingerprint density at radius 1 is 1.80 bits per heavy atom. The van der Waals surface area contributed by atoms with E-state index in [0.717, 1.165) is 19.3 Å². The molecule has 0 heterocycles. The normalized spacial score (nSPS) is 19.2. The van der Waals surface area contributed by atoms with E-state index < -0.39 is 5.09 Å². The van der Waals surface area contributed by atoms with E-state index in [4.69, 9.17) is 0 Å². The zero-order chi connectivity index (χ0) is 7.40. The molecule has 0 aromatic rings. The summed E-state index contributed by atoms with van der Waals surface area (Å²) in [5, 5.41) is 9.01. The molecule has 0 aromatic heterocycles. The molecule has 0 bridgehead atoms. The minimum atomic E-state index is -0.724. The first-order valence-corrected chi connectivity index (χ1v) is 3.38. The van der Waals surface area contributed by atoms with Gasteiger partial charge in [0.15, 0.2) is 0 Å². The second-order valence-electron chi connectivity index (χ2n) is 2.49. The molecule has 0 aromatic carbocycles. The fourth-order valence-electron chi connectivity index (χ4n) is 1.14. The van der Waals surface area contributed by atoms with Crippen LogP contribution in [0.1, 0.15) is 19.3 Å². The second kappa shape index (κ2) is 3.39. The molecule has 1 aliphatic rings. The predicted octanol–water partition coefficient (Wildman–Crippen LogP) is 1.20. The van der Waals surface area contributed by atoms with Gasteiger partial charge in [0.05, 0.1) is 6.61 Å². The van der Waals surface area contributed by atoms with Crippen LogP contribution >= 0.6 is 0 Å². The second-order valence-corrected chi connectivity index (χ2v) is 2.49. The maximum atomic E-state index is 9.73. The van der Waals surface area contributed by atoms with Gasteiger partial charge in [-0.15, -0.1) is 10.1 Å². The largest absolute Gasteiger partial charge is 0.314 e. The highest BCUT2D eigenvalue weighted by atomic mass is 16.9. The number of nitrogens with zero attached hydrogens (tertiary/aromatic N) is 1. The zero-order valence-electron chi connectivity index (χ0n) is 5.66. The van der Waals surface area contributed by atoms with Gasteiger partial charge in [0.1, 0.15) is 0 Å². The van der Waals surface area contributed by atoms with E-state index in [1.165, 1.54) is 0 Å². The summed E-state index contributed by atoms with van der Waals surface area (Å²) in [5.41, 5.74) is 0. The lowest BCUT2D eigenvalue weighted by atomic mass is 10.1. The van der Waals surface area contributed by atoms with Crippen LogP contribution in [0.15, 0.2) is 0 Å². The van der Waals surface area contributed by atoms with Crippen molar-refractivity contribution in [3.05, 3.63) is 16.5 Å². The third-order valence-corrected chi connectivity index (χ3v) is 1.69. The quantitative estimate of drug-likeness (QED) is 0.441. The van der Waals surface area contributed by atoms with E-state index in [-0.39, 0.29) is 6.61 Å². The van der Waals surface area contributed by atoms with E-state index in [1.807, 2.05) is 0 Å². The van der Waals surface area contributed by atoms with Crippen molar-refractivity contribution in [1.29, 1.82) is 0 Å². The van der Waals surface area contributed by atoms with Crippen LogP contribution in [0, 0.1) is 22.5 Å². The van der Waals surface area contributed by atoms with Crippen molar-refractivity contribution >= 4 is 0 Å². The summed E-state index contributed by atoms with van der Waals surface area (Å²) < 4.78 is 0. The highest BCUT2D eigenvalue weighted by molar-refractivity contribution is 4.79. The van der Waals surface area contributed by atoms with Crippen LogP contribution in [0.25, 0.3) is 0 Å². The molecule has 0 saturated heterocycles. The Balaban J connectivity index is 2.07. The molecular weight excluding hydrogens is 134 g/mol. The summed E-state index contributed by atoms with van der Waals surface area (Å²) >= 11 is 0. The smallest absolute Gasteiger partial charge is 0.294 e. The Morgan fingerprint density at radius 3 is 3.10 bits per heavy atom. The number of hydrogen-bond donors (Lipinski definition) is 0. The molecule has 0 aliphatic heterocycles. The molecule has 4 heteroatoms. The van der Waals surface area contributed by atoms with E-state index in [2.05, 4.69) is 11.3 Å². The highest BCUT2D eigenvalue weighted by Crippen LogP contribution is 2.23. The molecule has 0 N–H and O–H groups in total. The molecule has 1 aliphatic carbocycles. The lowest BCUT2D eigenvalue weighted by Gasteiger charge is -2.04. The van der Waals surface area contributed by atoms with Gasteiger partial charge in [-0.1, -0.05) is 0 Å². The minimum absolute atomic E-state index is 0.267. The van der Waals surface area contributed by atoms with Crippen LogP contribution in [0.4, 0.5) is 0 Å². The zero-order valence-corrected chi connectivity index (χ0v) is 5.66. The van der Waals surface area contributed by atoms with E-state index in [0.29, 0.717) is 5.92 Å². The topological polar surface area (TPSA) is 52.4 Å². The molecule has 1 fully saturated rings. The molecule has 10 heavy (non-hydrogen) atoms. The summed E-state index contributed by atoms with van der Waals surface area (Å²) in [6.07, 6.45) is 5.22. The van der Waals surface area contributed by atoms with Gasteiger partial charge in [-0.3, -0.25) is 0 Å². The highest BCUT2D eigenvalue weighted by Gasteiger charge is 2.16. The van der Waals surface area contributed by atoms with Gasteiger partial charge in [-0.25, -0.2) is 0 Å². The van der Waals surface area contributed by atoms with Crippen LogP contribution in [-0.4, -0.2) is 11.7 Å². The Kier molecular flexibility index (Phi) is 2.48. The molecule has 4 nitrogen and oxygen atoms in total. The lowest BCUT2D eigenvalue weighted by molar-refractivity contribution is -0.759. The lowest BCUT2D eigenvalue weighted by Crippen LogP contribution is -2.09. The number of hydrogen-bond acceptors (Lipinski definition) is 3. The first-order chi connectivity index (χ1) is 4.79. The molecule has 1 rings (SSSR count). The van der Waals surface area contributed by atoms with Gasteiger partial charge in [0, 0.05) is 0 Å². The standard InChI is InChI=1S/C6H10NO3/c8-7(9)10-5-6-3-1-2-4-6/h1,6H,2-5H2. The van der Waals surface area contributed by atoms with Crippen molar-refractivity contribution in [2.45, 2.75) is 19.3 Å². The average molecular weight is 144 g/mol. The van der Waals surface area contributed by atoms with E-state index in [9.17, 15) is 10.1 Å². The molecule has 1 unspecified atom stereocenters. The molecule has 1 saturated carbocycles. The third-order valence-electron chi connectivity index (χ3n) is 1.69. The van der Waals surface area contributed by atoms with Crippen molar-refractivity contribution in [3.8, 4) is 0 Å². The van der Waals surface area contributed by atoms with Crippen LogP contribution in [-0.2, 0) is 4.84 Å². The molecule has 0 spiro atoms. The van der Waals surface area contributed by atoms with Crippen LogP contribution < -0.4 is 0 Å². The summed E-state index contributed by atoms with van der Waals surface area (Å²) in [4.78, 5) is 14.0. The van der Waals surface area contributed by atoms with Gasteiger partial charge in [0.2, 0.25) is 0 Å². The maximum absolute atomic E-state index is 9.73. The Labute approximate surface area is 59.3 Å². The Hall–Kier alpha value is -0.800. The van der Waals surface area contributed by atoms with Gasteiger partial charge in [-0.05, 0) is 31.6 Å². The third kappa shape index (κ3) is 2.21. The van der Waals surface area contributed by atoms with Crippen molar-refractivity contribution in [1.82, 2.24) is 0 Å². The molecule has 1 radical (unpaired) electrons. The summed E-state index contributed by atoms with van der Waals surface area (Å²) in [6, 6.07) is 0. The van der Waals surface area contributed by atoms with Crippen LogP contribution in [0.3, 0.4) is 0 Å². The van der Waals surface area contributed by atoms with E-state index >= 15 is 0 Å². The first-order valence-electron chi connectivity index (χ1n) is 3.38. The Bertz CT molecular complexity index is 120. The first kappa shape index (κ1) is 7.31. The molecule has 57 valence electrons. The minimum Gasteiger partial charge on any atom is -0.314 e. The fraction of sp³-hybridized carbons (Fsp3) is 0.833.